The van der Waals surface area contributed by atoms with Crippen molar-refractivity contribution < 1.29 is 34.2 Å². The highest BCUT2D eigenvalue weighted by atomic mass is 35.5. The smallest absolute Gasteiger partial charge is 0.303 e. The summed E-state index contributed by atoms with van der Waals surface area (Å²) in [6, 6.07) is 12.8. The molecule has 0 radical (unpaired) electrons. The number of phenolic OH excluding ortho intramolecular Hbond substituents is 1. The van der Waals surface area contributed by atoms with Crippen LogP contribution in [0.3, 0.4) is 0 Å². The van der Waals surface area contributed by atoms with Crippen LogP contribution in [0.25, 0.3) is 20.7 Å². The van der Waals surface area contributed by atoms with Gasteiger partial charge in [-0.05, 0) is 80.2 Å². The summed E-state index contributed by atoms with van der Waals surface area (Å²) >= 11 is 7.85. The molecule has 0 bridgehead atoms. The Balaban J connectivity index is 1.23. The minimum Gasteiger partial charge on any atom is -0.507 e. The number of amides is 4. The number of anilines is 1. The highest BCUT2D eigenvalue weighted by Gasteiger charge is 2.68. The third-order valence-electron chi connectivity index (χ3n) is 12.2. The number of aryl methyl sites for hydroxylation is 2. The molecule has 1 saturated carbocycles. The maximum atomic E-state index is 15.1. The molecular weight excluding hydrogens is 728 g/mol. The molecule has 2 aromatic heterocycles. The van der Waals surface area contributed by atoms with Crippen molar-refractivity contribution in [2.45, 2.75) is 51.9 Å². The van der Waals surface area contributed by atoms with Gasteiger partial charge in [-0.25, -0.2) is 4.90 Å². The zero-order chi connectivity index (χ0) is 38.4. The Labute approximate surface area is 320 Å². The van der Waals surface area contributed by atoms with Crippen molar-refractivity contribution >= 4 is 68.4 Å². The molecule has 2 aliphatic carbocycles. The Morgan fingerprint density at radius 1 is 1.11 bits per heavy atom. The van der Waals surface area contributed by atoms with Crippen LogP contribution in [0.1, 0.15) is 55.2 Å². The molecule has 2 aliphatic heterocycles. The van der Waals surface area contributed by atoms with E-state index >= 15 is 4.79 Å². The quantitative estimate of drug-likeness (QED) is 0.140. The van der Waals surface area contributed by atoms with E-state index in [0.717, 1.165) is 26.1 Å². The Morgan fingerprint density at radius 3 is 2.63 bits per heavy atom. The number of hydrogen-bond donors (Lipinski definition) is 2. The van der Waals surface area contributed by atoms with Crippen LogP contribution in [-0.2, 0) is 37.4 Å². The molecule has 4 aromatic rings. The van der Waals surface area contributed by atoms with Crippen molar-refractivity contribution in [3.63, 3.8) is 0 Å². The third kappa shape index (κ3) is 5.20. The lowest BCUT2D eigenvalue weighted by molar-refractivity contribution is -0.142. The second-order valence-corrected chi connectivity index (χ2v) is 16.5. The average Bonchev–Trinajstić information content (AvgIpc) is 3.80. The first-order valence-corrected chi connectivity index (χ1v) is 19.3. The van der Waals surface area contributed by atoms with Gasteiger partial charge in [0.25, 0.3) is 0 Å². The van der Waals surface area contributed by atoms with Gasteiger partial charge < -0.3 is 10.2 Å². The summed E-state index contributed by atoms with van der Waals surface area (Å²) < 4.78 is 2.57. The second-order valence-electron chi connectivity index (χ2n) is 15.0. The standard InChI is InChI=1S/C41H39ClN4O7S/c1-5-8-21-9-6-10-25(35(21)49)34-23-13-14-24-33(39(52)45(37(24)50)16-7-11-32(47)48)27(23)18-28-38(51)46(40(53)41(28,34)3)31-19-29(43-44(31)4)36-20(2)26-17-22(42)12-15-30(26)54-36/h5-6,9-10,12-13,15,17,19,24,27-28,33-34,49H,1,7-8,11,14,16,18H2,2-4H3,(H,47,48)/t24-,27+,28-,33-,34+,41+/m0/s1. The van der Waals surface area contributed by atoms with E-state index < -0.39 is 52.8 Å². The molecule has 13 heteroatoms. The monoisotopic (exact) mass is 766 g/mol. The predicted molar refractivity (Wildman–Crippen MR) is 204 cm³/mol. The van der Waals surface area contributed by atoms with E-state index in [1.54, 1.807) is 49.6 Å². The summed E-state index contributed by atoms with van der Waals surface area (Å²) in [6.07, 6.45) is 4.34. The number of halogens is 1. The van der Waals surface area contributed by atoms with Crippen LogP contribution in [0.5, 0.6) is 5.75 Å². The number of carboxylic acids is 1. The number of hydrogen-bond acceptors (Lipinski definition) is 8. The Kier molecular flexibility index (Phi) is 8.69. The van der Waals surface area contributed by atoms with E-state index in [1.165, 1.54) is 14.5 Å². The summed E-state index contributed by atoms with van der Waals surface area (Å²) in [4.78, 5) is 72.2. The van der Waals surface area contributed by atoms with Crippen molar-refractivity contribution in [2.75, 3.05) is 11.4 Å². The number of likely N-dealkylation sites (tertiary alicyclic amines) is 1. The predicted octanol–water partition coefficient (Wildman–Crippen LogP) is 6.79. The molecular formula is C41H39ClN4O7S. The fraction of sp³-hybridized carbons (Fsp3) is 0.366. The molecule has 54 heavy (non-hydrogen) atoms. The molecule has 2 N–H and O–H groups in total. The highest BCUT2D eigenvalue weighted by molar-refractivity contribution is 7.22. The fourth-order valence-corrected chi connectivity index (χ4v) is 10.9. The summed E-state index contributed by atoms with van der Waals surface area (Å²) in [5, 5.41) is 27.4. The number of phenols is 1. The molecule has 2 saturated heterocycles. The van der Waals surface area contributed by atoms with E-state index in [2.05, 4.69) is 6.58 Å². The first-order chi connectivity index (χ1) is 25.8. The van der Waals surface area contributed by atoms with Gasteiger partial charge >= 0.3 is 5.97 Å². The molecule has 4 heterocycles. The van der Waals surface area contributed by atoms with Crippen molar-refractivity contribution in [3.8, 4) is 16.3 Å². The molecule has 11 nitrogen and oxygen atoms in total. The number of fused-ring (bicyclic) bond motifs is 5. The number of aromatic hydroxyl groups is 1. The zero-order valence-corrected chi connectivity index (χ0v) is 31.6. The molecule has 4 amide bonds. The van der Waals surface area contributed by atoms with Crippen molar-refractivity contribution in [2.24, 2.45) is 36.1 Å². The second kappa shape index (κ2) is 13.1. The van der Waals surface area contributed by atoms with Crippen LogP contribution in [-0.4, -0.2) is 61.0 Å². The van der Waals surface area contributed by atoms with E-state index in [0.29, 0.717) is 34.1 Å². The largest absolute Gasteiger partial charge is 0.507 e. The SMILES string of the molecule is C=CCc1cccc([C@H]2C3=CC[C@@H]4C(=O)N(CCCC(=O)O)C(=O)[C@@H]4[C@@H]3C[C@H]3C(=O)N(c4cc(-c5sc6ccc(Cl)cc6c5C)nn4C)C(=O)[C@@]23C)c1O. The number of aliphatic carboxylic acids is 1. The summed E-state index contributed by atoms with van der Waals surface area (Å²) in [7, 11) is 1.69. The molecule has 2 aromatic carbocycles. The number of nitrogens with zero attached hydrogens (tertiary/aromatic N) is 4. The minimum atomic E-state index is -1.36. The first-order valence-electron chi connectivity index (χ1n) is 18.1. The first kappa shape index (κ1) is 35.9. The minimum absolute atomic E-state index is 0.00275. The molecule has 8 rings (SSSR count). The van der Waals surface area contributed by atoms with E-state index in [-0.39, 0.29) is 49.8 Å². The van der Waals surface area contributed by atoms with Gasteiger partial charge in [-0.2, -0.15) is 5.10 Å². The number of carbonyl (C=O) groups is 5. The lowest BCUT2D eigenvalue weighted by Crippen LogP contribution is -2.49. The Morgan fingerprint density at radius 2 is 1.89 bits per heavy atom. The third-order valence-corrected chi connectivity index (χ3v) is 13.7. The molecule has 278 valence electrons. The van der Waals surface area contributed by atoms with Crippen molar-refractivity contribution in [1.29, 1.82) is 0 Å². The van der Waals surface area contributed by atoms with Gasteiger partial charge in [-0.3, -0.25) is 33.6 Å². The fourth-order valence-electron chi connectivity index (χ4n) is 9.63. The van der Waals surface area contributed by atoms with Gasteiger partial charge in [-0.15, -0.1) is 17.9 Å². The van der Waals surface area contributed by atoms with Crippen LogP contribution in [0.4, 0.5) is 5.82 Å². The lowest BCUT2D eigenvalue weighted by atomic mass is 9.51. The molecule has 6 atom stereocenters. The van der Waals surface area contributed by atoms with Crippen LogP contribution in [0, 0.1) is 36.0 Å². The summed E-state index contributed by atoms with van der Waals surface area (Å²) in [5.41, 5.74) is 2.06. The highest BCUT2D eigenvalue weighted by Crippen LogP contribution is 2.64. The van der Waals surface area contributed by atoms with E-state index in [4.69, 9.17) is 16.7 Å². The molecule has 0 unspecified atom stereocenters. The van der Waals surface area contributed by atoms with Gasteiger partial charge in [0.05, 0.1) is 28.0 Å². The van der Waals surface area contributed by atoms with Crippen LogP contribution in [0.2, 0.25) is 5.02 Å². The number of thiophene rings is 1. The van der Waals surface area contributed by atoms with Crippen LogP contribution >= 0.6 is 22.9 Å². The number of aromatic nitrogens is 2. The van der Waals surface area contributed by atoms with E-state index in [1.807, 2.05) is 37.3 Å². The summed E-state index contributed by atoms with van der Waals surface area (Å²) in [5.74, 6) is -6.00. The van der Waals surface area contributed by atoms with Crippen molar-refractivity contribution in [3.05, 3.63) is 88.5 Å². The number of allylic oxidation sites excluding steroid dienone is 3. The normalized spacial score (nSPS) is 26.3. The summed E-state index contributed by atoms with van der Waals surface area (Å²) in [6.45, 7) is 7.60. The Bertz CT molecular complexity index is 2360. The molecule has 0 spiro atoms. The maximum absolute atomic E-state index is 15.1. The van der Waals surface area contributed by atoms with Gasteiger partial charge in [0.2, 0.25) is 23.6 Å². The Hall–Kier alpha value is -5.07. The number of rotatable bonds is 9. The van der Waals surface area contributed by atoms with Gasteiger partial charge in [-0.1, -0.05) is 47.5 Å². The number of para-hydroxylation sites is 1. The van der Waals surface area contributed by atoms with Gasteiger partial charge in [0.15, 0.2) is 0 Å². The number of carbonyl (C=O) groups excluding carboxylic acids is 4. The average molecular weight is 767 g/mol. The molecule has 4 aliphatic rings. The number of carboxylic acid groups (broad SMARTS) is 1. The number of imide groups is 2. The molecule has 3 fully saturated rings. The van der Waals surface area contributed by atoms with E-state index in [9.17, 15) is 29.4 Å². The maximum Gasteiger partial charge on any atom is 0.303 e. The topological polar surface area (TPSA) is 150 Å². The van der Waals surface area contributed by atoms with Gasteiger partial charge in [0.1, 0.15) is 17.3 Å². The van der Waals surface area contributed by atoms with Crippen molar-refractivity contribution in [1.82, 2.24) is 14.7 Å². The van der Waals surface area contributed by atoms with Crippen LogP contribution < -0.4 is 4.90 Å². The van der Waals surface area contributed by atoms with Crippen LogP contribution in [0.15, 0.2) is 66.8 Å². The van der Waals surface area contributed by atoms with Gasteiger partial charge in [0, 0.05) is 47.3 Å². The zero-order valence-electron chi connectivity index (χ0n) is 30.0. The lowest BCUT2D eigenvalue weighted by Gasteiger charge is -2.49. The number of benzene rings is 2.